The topological polar surface area (TPSA) is 130 Å². The second-order valence-electron chi connectivity index (χ2n) is 5.07. The first-order valence-electron chi connectivity index (χ1n) is 7.72. The van der Waals surface area contributed by atoms with E-state index in [0.29, 0.717) is 18.8 Å². The Bertz CT molecular complexity index is 645. The minimum absolute atomic E-state index is 0.0833. The fourth-order valence-electron chi connectivity index (χ4n) is 1.74. The molecule has 1 aromatic rings. The average Bonchev–Trinajstić information content (AvgIpc) is 2.60. The second-order valence-corrected chi connectivity index (χ2v) is 5.72. The molecule has 1 aromatic carbocycles. The molecule has 1 atom stereocenters. The van der Waals surface area contributed by atoms with Crippen LogP contribution < -0.4 is 16.0 Å². The van der Waals surface area contributed by atoms with E-state index in [-0.39, 0.29) is 43.8 Å². The summed E-state index contributed by atoms with van der Waals surface area (Å²) in [5, 5.41) is 16.0. The van der Waals surface area contributed by atoms with Gasteiger partial charge in [0.25, 0.3) is 0 Å². The van der Waals surface area contributed by atoms with Gasteiger partial charge in [-0.2, -0.15) is 5.26 Å². The van der Waals surface area contributed by atoms with Crippen LogP contribution in [0, 0.1) is 11.5 Å². The number of nitrogens with zero attached hydrogens (tertiary/aromatic N) is 1. The van der Waals surface area contributed by atoms with Gasteiger partial charge in [-0.05, 0) is 17.7 Å². The molecule has 0 bridgehead atoms. The van der Waals surface area contributed by atoms with Crippen LogP contribution in [0.4, 0.5) is 5.69 Å². The number of hydrogen-bond donors (Lipinski definition) is 3. The van der Waals surface area contributed by atoms with Crippen LogP contribution in [-0.2, 0) is 30.4 Å². The zero-order valence-electron chi connectivity index (χ0n) is 14.1. The van der Waals surface area contributed by atoms with Crippen molar-refractivity contribution >= 4 is 32.3 Å². The molecular formula is C16H21N4O5P. The molecule has 0 spiro atoms. The summed E-state index contributed by atoms with van der Waals surface area (Å²) < 4.78 is 10.00. The zero-order valence-corrected chi connectivity index (χ0v) is 15.3. The van der Waals surface area contributed by atoms with Crippen molar-refractivity contribution in [3.8, 4) is 6.19 Å². The maximum Gasteiger partial charge on any atom is 0.250 e. The van der Waals surface area contributed by atoms with Gasteiger partial charge >= 0.3 is 0 Å². The van der Waals surface area contributed by atoms with E-state index < -0.39 is 0 Å². The Kier molecular flexibility index (Phi) is 10.6. The minimum atomic E-state index is -0.361. The Balaban J connectivity index is 2.25. The number of nitrogens with one attached hydrogen (secondary N) is 3. The molecular weight excluding hydrogens is 359 g/mol. The van der Waals surface area contributed by atoms with Gasteiger partial charge in [0.15, 0.2) is 11.7 Å². The number of nitriles is 1. The largest absolute Gasteiger partial charge is 0.370 e. The van der Waals surface area contributed by atoms with E-state index in [1.807, 2.05) is 9.24 Å². The summed E-state index contributed by atoms with van der Waals surface area (Å²) in [5.74, 6) is -0.625. The summed E-state index contributed by atoms with van der Waals surface area (Å²) in [4.78, 5) is 33.9. The Morgan fingerprint density at radius 2 is 1.73 bits per heavy atom. The molecule has 0 fully saturated rings. The molecule has 0 saturated heterocycles. The van der Waals surface area contributed by atoms with Crippen LogP contribution in [-0.4, -0.2) is 50.3 Å². The number of rotatable bonds is 12. The number of anilines is 1. The molecule has 3 N–H and O–H groups in total. The molecule has 2 amide bonds. The van der Waals surface area contributed by atoms with E-state index in [4.69, 9.17) is 14.7 Å². The highest BCUT2D eigenvalue weighted by Gasteiger charge is 2.05. The predicted molar refractivity (Wildman–Crippen MR) is 96.9 cm³/mol. The lowest BCUT2D eigenvalue weighted by Crippen LogP contribution is -2.28. The highest BCUT2D eigenvalue weighted by molar-refractivity contribution is 7.40. The van der Waals surface area contributed by atoms with Crippen molar-refractivity contribution in [3.05, 3.63) is 29.8 Å². The Labute approximate surface area is 153 Å². The average molecular weight is 380 g/mol. The lowest BCUT2D eigenvalue weighted by molar-refractivity contribution is -0.126. The van der Waals surface area contributed by atoms with Crippen LogP contribution in [0.2, 0.25) is 0 Å². The third-order valence-electron chi connectivity index (χ3n) is 2.89. The Morgan fingerprint density at radius 3 is 2.38 bits per heavy atom. The lowest BCUT2D eigenvalue weighted by Gasteiger charge is -2.08. The highest BCUT2D eigenvalue weighted by Crippen LogP contribution is 2.09. The fourth-order valence-corrected chi connectivity index (χ4v) is 1.86. The van der Waals surface area contributed by atoms with Gasteiger partial charge < -0.3 is 25.4 Å². The summed E-state index contributed by atoms with van der Waals surface area (Å²) in [6.07, 6.45) is 1.76. The maximum atomic E-state index is 11.6. The van der Waals surface area contributed by atoms with Gasteiger partial charge in [0.2, 0.25) is 11.8 Å². The Morgan fingerprint density at radius 1 is 1.04 bits per heavy atom. The monoisotopic (exact) mass is 380 g/mol. The van der Waals surface area contributed by atoms with Crippen LogP contribution >= 0.6 is 9.24 Å². The second kappa shape index (κ2) is 12.8. The first kappa shape index (κ1) is 21.5. The van der Waals surface area contributed by atoms with Crippen molar-refractivity contribution in [1.29, 1.82) is 5.26 Å². The molecule has 0 aliphatic heterocycles. The fraction of sp³-hybridized carbons (Fsp3) is 0.375. The van der Waals surface area contributed by atoms with Gasteiger partial charge in [0.05, 0.1) is 6.61 Å². The molecule has 1 unspecified atom stereocenters. The van der Waals surface area contributed by atoms with Gasteiger partial charge in [-0.1, -0.05) is 21.4 Å². The van der Waals surface area contributed by atoms with E-state index in [0.717, 1.165) is 5.56 Å². The van der Waals surface area contributed by atoms with Crippen molar-refractivity contribution in [3.63, 3.8) is 0 Å². The van der Waals surface area contributed by atoms with Crippen molar-refractivity contribution in [1.82, 2.24) is 10.6 Å². The Hall–Kier alpha value is -2.53. The molecule has 140 valence electrons. The van der Waals surface area contributed by atoms with Crippen LogP contribution in [0.1, 0.15) is 5.56 Å². The van der Waals surface area contributed by atoms with Crippen LogP contribution in [0.15, 0.2) is 24.3 Å². The molecule has 0 aromatic heterocycles. The van der Waals surface area contributed by atoms with Gasteiger partial charge in [-0.3, -0.25) is 14.4 Å². The van der Waals surface area contributed by atoms with Crippen molar-refractivity contribution < 1.29 is 23.9 Å². The zero-order chi connectivity index (χ0) is 19.2. The summed E-state index contributed by atoms with van der Waals surface area (Å²) in [7, 11) is 1.97. The van der Waals surface area contributed by atoms with Gasteiger partial charge in [-0.15, -0.1) is 0 Å². The highest BCUT2D eigenvalue weighted by atomic mass is 31.0. The van der Waals surface area contributed by atoms with Crippen LogP contribution in [0.25, 0.3) is 0 Å². The lowest BCUT2D eigenvalue weighted by atomic mass is 10.2. The molecule has 9 nitrogen and oxygen atoms in total. The quantitative estimate of drug-likeness (QED) is 0.197. The van der Waals surface area contributed by atoms with Crippen molar-refractivity contribution in [2.75, 3.05) is 38.3 Å². The first-order valence-corrected chi connectivity index (χ1v) is 8.30. The number of hydrogen-bond acceptors (Lipinski definition) is 7. The number of carbonyl (C=O) groups excluding carboxylic acids is 3. The summed E-state index contributed by atoms with van der Waals surface area (Å²) in [5.41, 5.74) is 1.21. The molecule has 0 aliphatic rings. The van der Waals surface area contributed by atoms with E-state index in [1.54, 1.807) is 30.5 Å². The standard InChI is InChI=1S/C16H21N4O5P/c17-11-18-5-6-24-8-14(21)19-7-12-1-3-13(4-2-12)20-15(22)9-25-10-16(23)26/h1-4,18H,5-10,26H2,(H,19,21)(H,20,22). The number of benzene rings is 1. The minimum Gasteiger partial charge on any atom is -0.370 e. The number of carbonyl (C=O) groups is 3. The molecule has 0 saturated carbocycles. The SMILES string of the molecule is N#CNCCOCC(=O)NCc1ccc(NC(=O)COCC(=O)P)cc1. The summed E-state index contributed by atoms with van der Waals surface area (Å²) >= 11 is 0. The first-order chi connectivity index (χ1) is 12.5. The molecule has 26 heavy (non-hydrogen) atoms. The summed E-state index contributed by atoms with van der Waals surface area (Å²) in [6, 6.07) is 6.93. The maximum absolute atomic E-state index is 11.6. The van der Waals surface area contributed by atoms with E-state index in [9.17, 15) is 14.4 Å². The van der Waals surface area contributed by atoms with E-state index in [2.05, 4.69) is 16.0 Å². The molecule has 0 aliphatic carbocycles. The van der Waals surface area contributed by atoms with E-state index >= 15 is 0 Å². The van der Waals surface area contributed by atoms with Gasteiger partial charge in [0.1, 0.15) is 19.8 Å². The van der Waals surface area contributed by atoms with Crippen molar-refractivity contribution in [2.45, 2.75) is 6.54 Å². The van der Waals surface area contributed by atoms with Gasteiger partial charge in [0, 0.05) is 18.8 Å². The number of amides is 2. The predicted octanol–water partition coefficient (Wildman–Crippen LogP) is -0.253. The number of ether oxygens (including phenoxy) is 2. The molecule has 0 heterocycles. The van der Waals surface area contributed by atoms with Gasteiger partial charge in [-0.25, -0.2) is 0 Å². The summed E-state index contributed by atoms with van der Waals surface area (Å²) in [6.45, 7) is 0.531. The van der Waals surface area contributed by atoms with Crippen LogP contribution in [0.5, 0.6) is 0 Å². The third kappa shape index (κ3) is 10.4. The van der Waals surface area contributed by atoms with Crippen molar-refractivity contribution in [2.24, 2.45) is 0 Å². The van der Waals surface area contributed by atoms with E-state index in [1.165, 1.54) is 0 Å². The normalized spacial score (nSPS) is 9.85. The molecule has 0 radical (unpaired) electrons. The molecule has 1 rings (SSSR count). The molecule has 10 heteroatoms. The smallest absolute Gasteiger partial charge is 0.250 e. The van der Waals surface area contributed by atoms with Crippen LogP contribution in [0.3, 0.4) is 0 Å². The third-order valence-corrected chi connectivity index (χ3v) is 3.06.